The molecule has 3 N–H and O–H groups in total. The van der Waals surface area contributed by atoms with Crippen LogP contribution in [0, 0.1) is 5.82 Å². The smallest absolute Gasteiger partial charge is 0.231 e. The monoisotopic (exact) mass is 251 g/mol. The van der Waals surface area contributed by atoms with Gasteiger partial charge in [0, 0.05) is 19.2 Å². The van der Waals surface area contributed by atoms with E-state index in [1.807, 2.05) is 0 Å². The zero-order valence-corrected chi connectivity index (χ0v) is 9.48. The zero-order chi connectivity index (χ0) is 12.9. The van der Waals surface area contributed by atoms with Crippen LogP contribution in [0.5, 0.6) is 17.2 Å². The number of phenolic OH excluding ortho intramolecular Hbond substituents is 1. The number of aryl methyl sites for hydroxylation is 1. The second-order valence-electron chi connectivity index (χ2n) is 3.89. The molecule has 1 aliphatic heterocycles. The number of aromatic nitrogens is 2. The highest BCUT2D eigenvalue weighted by Crippen LogP contribution is 2.47. The van der Waals surface area contributed by atoms with Crippen molar-refractivity contribution in [2.45, 2.75) is 0 Å². The second kappa shape index (κ2) is 3.52. The summed E-state index contributed by atoms with van der Waals surface area (Å²) in [6, 6.07) is 2.60. The van der Waals surface area contributed by atoms with Gasteiger partial charge in [0.05, 0.1) is 5.56 Å². The van der Waals surface area contributed by atoms with E-state index in [2.05, 4.69) is 5.10 Å². The Labute approximate surface area is 101 Å². The lowest BCUT2D eigenvalue weighted by atomic mass is 10.1. The van der Waals surface area contributed by atoms with Gasteiger partial charge in [-0.25, -0.2) is 4.39 Å². The Morgan fingerprint density at radius 3 is 2.89 bits per heavy atom. The van der Waals surface area contributed by atoms with Crippen molar-refractivity contribution in [3.8, 4) is 28.5 Å². The summed E-state index contributed by atoms with van der Waals surface area (Å²) in [5, 5.41) is 13.9. The van der Waals surface area contributed by atoms with E-state index in [1.165, 1.54) is 10.7 Å². The molecule has 1 aromatic heterocycles. The quantitative estimate of drug-likeness (QED) is 0.796. The first-order valence-corrected chi connectivity index (χ1v) is 5.19. The van der Waals surface area contributed by atoms with Gasteiger partial charge in [0.1, 0.15) is 11.5 Å². The van der Waals surface area contributed by atoms with Gasteiger partial charge < -0.3 is 20.3 Å². The maximum absolute atomic E-state index is 13.6. The normalized spacial score (nSPS) is 13.0. The molecule has 0 unspecified atom stereocenters. The molecule has 18 heavy (non-hydrogen) atoms. The standard InChI is InChI=1S/C11H10FN3O3/c1-15-8(13)3-6(14-15)9-10(16)5(12)2-7-11(9)18-4-17-7/h2-3,16H,4,13H2,1H3. The Kier molecular flexibility index (Phi) is 2.09. The van der Waals surface area contributed by atoms with Crippen LogP contribution in [-0.2, 0) is 7.05 Å². The van der Waals surface area contributed by atoms with Gasteiger partial charge in [-0.15, -0.1) is 0 Å². The average molecular weight is 251 g/mol. The van der Waals surface area contributed by atoms with Gasteiger partial charge in [0.25, 0.3) is 0 Å². The van der Waals surface area contributed by atoms with Crippen molar-refractivity contribution in [2.75, 3.05) is 12.5 Å². The Balaban J connectivity index is 2.28. The number of nitrogen functional groups attached to an aromatic ring is 1. The van der Waals surface area contributed by atoms with E-state index in [-0.39, 0.29) is 23.9 Å². The van der Waals surface area contributed by atoms with Crippen LogP contribution in [-0.4, -0.2) is 21.7 Å². The molecule has 0 saturated carbocycles. The lowest BCUT2D eigenvalue weighted by Gasteiger charge is -2.06. The lowest BCUT2D eigenvalue weighted by molar-refractivity contribution is 0.174. The summed E-state index contributed by atoms with van der Waals surface area (Å²) < 4.78 is 25.3. The molecule has 0 radical (unpaired) electrons. The molecule has 2 aromatic rings. The number of halogens is 1. The maximum atomic E-state index is 13.6. The topological polar surface area (TPSA) is 82.5 Å². The van der Waals surface area contributed by atoms with E-state index in [0.29, 0.717) is 11.5 Å². The van der Waals surface area contributed by atoms with Crippen LogP contribution in [0.1, 0.15) is 0 Å². The molecule has 0 fully saturated rings. The van der Waals surface area contributed by atoms with E-state index >= 15 is 0 Å². The molecule has 6 nitrogen and oxygen atoms in total. The maximum Gasteiger partial charge on any atom is 0.231 e. The van der Waals surface area contributed by atoms with Crippen LogP contribution in [0.2, 0.25) is 0 Å². The zero-order valence-electron chi connectivity index (χ0n) is 9.48. The van der Waals surface area contributed by atoms with Gasteiger partial charge in [-0.05, 0) is 0 Å². The Hall–Kier alpha value is -2.44. The summed E-state index contributed by atoms with van der Waals surface area (Å²) in [5.41, 5.74) is 6.14. The number of benzene rings is 1. The van der Waals surface area contributed by atoms with Crippen LogP contribution in [0.25, 0.3) is 11.3 Å². The molecule has 0 amide bonds. The van der Waals surface area contributed by atoms with Crippen LogP contribution in [0.15, 0.2) is 12.1 Å². The fourth-order valence-electron chi connectivity index (χ4n) is 1.84. The second-order valence-corrected chi connectivity index (χ2v) is 3.89. The number of hydrogen-bond donors (Lipinski definition) is 2. The number of rotatable bonds is 1. The number of phenols is 1. The fraction of sp³-hybridized carbons (Fsp3) is 0.182. The van der Waals surface area contributed by atoms with Crippen LogP contribution in [0.4, 0.5) is 10.2 Å². The lowest BCUT2D eigenvalue weighted by Crippen LogP contribution is -1.97. The first kappa shape index (κ1) is 10.7. The van der Waals surface area contributed by atoms with E-state index in [0.717, 1.165) is 6.07 Å². The summed E-state index contributed by atoms with van der Waals surface area (Å²) in [5.74, 6) is -0.423. The van der Waals surface area contributed by atoms with E-state index < -0.39 is 11.6 Å². The summed E-state index contributed by atoms with van der Waals surface area (Å²) in [4.78, 5) is 0. The number of nitrogens with zero attached hydrogens (tertiary/aromatic N) is 2. The molecule has 0 aliphatic carbocycles. The molecule has 94 valence electrons. The predicted molar refractivity (Wildman–Crippen MR) is 60.8 cm³/mol. The minimum atomic E-state index is -0.793. The molecule has 0 atom stereocenters. The van der Waals surface area contributed by atoms with Crippen molar-refractivity contribution in [3.05, 3.63) is 17.9 Å². The summed E-state index contributed by atoms with van der Waals surface area (Å²) in [6.07, 6.45) is 0. The highest BCUT2D eigenvalue weighted by Gasteiger charge is 2.27. The first-order valence-electron chi connectivity index (χ1n) is 5.19. The number of hydrogen-bond acceptors (Lipinski definition) is 5. The van der Waals surface area contributed by atoms with Crippen LogP contribution >= 0.6 is 0 Å². The number of anilines is 1. The van der Waals surface area contributed by atoms with E-state index in [9.17, 15) is 9.50 Å². The largest absolute Gasteiger partial charge is 0.504 e. The predicted octanol–water partition coefficient (Wildman–Crippen LogP) is 1.24. The minimum absolute atomic E-state index is 0.0203. The molecule has 0 spiro atoms. The molecular weight excluding hydrogens is 241 g/mol. The molecule has 0 bridgehead atoms. The number of aromatic hydroxyl groups is 1. The van der Waals surface area contributed by atoms with Gasteiger partial charge in [0.2, 0.25) is 6.79 Å². The Morgan fingerprint density at radius 2 is 2.22 bits per heavy atom. The average Bonchev–Trinajstić information content (AvgIpc) is 2.88. The molecule has 3 rings (SSSR count). The number of fused-ring (bicyclic) bond motifs is 1. The van der Waals surface area contributed by atoms with Crippen molar-refractivity contribution in [3.63, 3.8) is 0 Å². The summed E-state index contributed by atoms with van der Waals surface area (Å²) in [6.45, 7) is -0.0203. The molecule has 1 aromatic carbocycles. The SMILES string of the molecule is Cn1nc(-c2c(O)c(F)cc3c2OCO3)cc1N. The molecular formula is C11H10FN3O3. The highest BCUT2D eigenvalue weighted by molar-refractivity contribution is 5.79. The van der Waals surface area contributed by atoms with Crippen LogP contribution < -0.4 is 15.2 Å². The van der Waals surface area contributed by atoms with Crippen molar-refractivity contribution in [2.24, 2.45) is 7.05 Å². The van der Waals surface area contributed by atoms with Crippen LogP contribution in [0.3, 0.4) is 0 Å². The van der Waals surface area contributed by atoms with Gasteiger partial charge in [-0.1, -0.05) is 0 Å². The summed E-state index contributed by atoms with van der Waals surface area (Å²) >= 11 is 0. The van der Waals surface area contributed by atoms with E-state index in [4.69, 9.17) is 15.2 Å². The molecule has 1 aliphatic rings. The third-order valence-corrected chi connectivity index (χ3v) is 2.76. The van der Waals surface area contributed by atoms with Gasteiger partial charge in [-0.3, -0.25) is 4.68 Å². The van der Waals surface area contributed by atoms with Crippen molar-refractivity contribution in [1.29, 1.82) is 0 Å². The van der Waals surface area contributed by atoms with Gasteiger partial charge in [-0.2, -0.15) is 5.10 Å². The molecule has 0 saturated heterocycles. The highest BCUT2D eigenvalue weighted by atomic mass is 19.1. The fourth-order valence-corrected chi connectivity index (χ4v) is 1.84. The van der Waals surface area contributed by atoms with Crippen molar-refractivity contribution >= 4 is 5.82 Å². The number of nitrogens with two attached hydrogens (primary N) is 1. The number of ether oxygens (including phenoxy) is 2. The third-order valence-electron chi connectivity index (χ3n) is 2.76. The molecule has 2 heterocycles. The third kappa shape index (κ3) is 1.37. The van der Waals surface area contributed by atoms with Crippen molar-refractivity contribution in [1.82, 2.24) is 9.78 Å². The minimum Gasteiger partial charge on any atom is -0.504 e. The van der Waals surface area contributed by atoms with Gasteiger partial charge in [0.15, 0.2) is 23.1 Å². The molecule has 7 heteroatoms. The van der Waals surface area contributed by atoms with Crippen molar-refractivity contribution < 1.29 is 19.0 Å². The van der Waals surface area contributed by atoms with Gasteiger partial charge >= 0.3 is 0 Å². The summed E-state index contributed by atoms with van der Waals surface area (Å²) in [7, 11) is 1.65. The Morgan fingerprint density at radius 1 is 1.44 bits per heavy atom. The van der Waals surface area contributed by atoms with E-state index in [1.54, 1.807) is 7.05 Å². The first-order chi connectivity index (χ1) is 8.58. The Bertz CT molecular complexity index is 619.